The molecule has 0 saturated carbocycles. The topological polar surface area (TPSA) is 80.9 Å². The third-order valence-electron chi connectivity index (χ3n) is 3.13. The van der Waals surface area contributed by atoms with Crippen molar-refractivity contribution in [1.29, 1.82) is 0 Å². The molecule has 1 aromatic carbocycles. The number of benzene rings is 1. The molecule has 7 heteroatoms. The summed E-state index contributed by atoms with van der Waals surface area (Å²) in [6, 6.07) is 7.34. The van der Waals surface area contributed by atoms with E-state index in [0.29, 0.717) is 28.9 Å². The molecule has 0 fully saturated rings. The minimum atomic E-state index is -0.148. The highest BCUT2D eigenvalue weighted by Crippen LogP contribution is 2.31. The number of para-hydroxylation sites is 1. The molecule has 1 N–H and O–H groups in total. The smallest absolute Gasteiger partial charge is 0.269 e. The van der Waals surface area contributed by atoms with Crippen LogP contribution >= 0.6 is 11.3 Å². The molecule has 0 spiro atoms. The number of carbonyl (C=O) groups excluding carboxylic acids is 1. The van der Waals surface area contributed by atoms with Crippen molar-refractivity contribution < 1.29 is 9.32 Å². The summed E-state index contributed by atoms with van der Waals surface area (Å²) in [4.78, 5) is 20.9. The maximum Gasteiger partial charge on any atom is 0.269 e. The zero-order valence-corrected chi connectivity index (χ0v) is 13.8. The summed E-state index contributed by atoms with van der Waals surface area (Å²) in [6.07, 6.45) is 1.75. The number of aromatic nitrogens is 3. The lowest BCUT2D eigenvalue weighted by Crippen LogP contribution is -2.06. The molecule has 0 unspecified atom stereocenters. The average molecular weight is 328 g/mol. The maximum absolute atomic E-state index is 11.3. The van der Waals surface area contributed by atoms with Crippen LogP contribution in [0.25, 0.3) is 22.2 Å². The number of nitrogens with one attached hydrogen (secondary N) is 1. The van der Waals surface area contributed by atoms with E-state index in [4.69, 9.17) is 4.52 Å². The second kappa shape index (κ2) is 6.29. The first kappa shape index (κ1) is 15.4. The van der Waals surface area contributed by atoms with E-state index in [1.807, 2.05) is 18.2 Å². The first-order chi connectivity index (χ1) is 11.0. The lowest BCUT2D eigenvalue weighted by atomic mass is 10.1. The third-order valence-corrected chi connectivity index (χ3v) is 4.42. The van der Waals surface area contributed by atoms with Crippen LogP contribution in [0.4, 0.5) is 5.69 Å². The van der Waals surface area contributed by atoms with Crippen molar-refractivity contribution in [3.8, 4) is 22.2 Å². The lowest BCUT2D eigenvalue weighted by molar-refractivity contribution is -0.114. The van der Waals surface area contributed by atoms with Gasteiger partial charge in [0.25, 0.3) is 5.89 Å². The van der Waals surface area contributed by atoms with E-state index in [-0.39, 0.29) is 5.91 Å². The van der Waals surface area contributed by atoms with Crippen molar-refractivity contribution in [3.63, 3.8) is 0 Å². The number of hydrogen-bond donors (Lipinski definition) is 1. The van der Waals surface area contributed by atoms with Crippen molar-refractivity contribution in [3.05, 3.63) is 35.5 Å². The van der Waals surface area contributed by atoms with Crippen LogP contribution in [0.5, 0.6) is 0 Å². The van der Waals surface area contributed by atoms with Crippen LogP contribution in [0.15, 0.2) is 35.0 Å². The van der Waals surface area contributed by atoms with E-state index in [1.54, 1.807) is 23.6 Å². The molecule has 0 aliphatic rings. The van der Waals surface area contributed by atoms with Crippen LogP contribution in [0.1, 0.15) is 31.7 Å². The Labute approximate surface area is 137 Å². The fraction of sp³-hybridized carbons (Fsp3) is 0.250. The molecular formula is C16H16N4O2S. The van der Waals surface area contributed by atoms with Gasteiger partial charge in [-0.25, -0.2) is 4.98 Å². The molecule has 2 aromatic heterocycles. The van der Waals surface area contributed by atoms with Crippen molar-refractivity contribution >= 4 is 22.9 Å². The van der Waals surface area contributed by atoms with E-state index in [9.17, 15) is 4.79 Å². The Kier molecular flexibility index (Phi) is 4.20. The van der Waals surface area contributed by atoms with E-state index in [0.717, 1.165) is 9.88 Å². The van der Waals surface area contributed by atoms with Gasteiger partial charge < -0.3 is 9.84 Å². The fourth-order valence-electron chi connectivity index (χ4n) is 2.06. The quantitative estimate of drug-likeness (QED) is 0.784. The number of hydrogen-bond acceptors (Lipinski definition) is 6. The maximum atomic E-state index is 11.3. The summed E-state index contributed by atoms with van der Waals surface area (Å²) in [7, 11) is 0. The normalized spacial score (nSPS) is 11.0. The number of anilines is 1. The van der Waals surface area contributed by atoms with Crippen molar-refractivity contribution in [2.24, 2.45) is 0 Å². The molecule has 1 amide bonds. The molecular weight excluding hydrogens is 312 g/mol. The Morgan fingerprint density at radius 1 is 1.30 bits per heavy atom. The average Bonchev–Trinajstić information content (AvgIpc) is 3.16. The second-order valence-electron chi connectivity index (χ2n) is 5.37. The fourth-order valence-corrected chi connectivity index (χ4v) is 2.91. The standard InChI is InChI=1S/C16H16N4O2S/c1-9(2)16-17-8-13(23-16)15-19-14(20-22-15)11-6-4-5-7-12(11)18-10(3)21/h4-9H,1-3H3,(H,18,21). The molecule has 0 aliphatic heterocycles. The molecule has 0 saturated heterocycles. The Balaban J connectivity index is 1.94. The van der Waals surface area contributed by atoms with Gasteiger partial charge in [0.2, 0.25) is 11.7 Å². The van der Waals surface area contributed by atoms with Crippen LogP contribution in [-0.4, -0.2) is 21.0 Å². The highest BCUT2D eigenvalue weighted by molar-refractivity contribution is 7.15. The summed E-state index contributed by atoms with van der Waals surface area (Å²) in [6.45, 7) is 5.64. The first-order valence-electron chi connectivity index (χ1n) is 7.21. The molecule has 118 valence electrons. The Bertz CT molecular complexity index is 838. The number of thiazole rings is 1. The molecule has 23 heavy (non-hydrogen) atoms. The van der Waals surface area contributed by atoms with Gasteiger partial charge in [0.1, 0.15) is 4.88 Å². The predicted molar refractivity (Wildman–Crippen MR) is 89.2 cm³/mol. The van der Waals surface area contributed by atoms with Gasteiger partial charge in [-0.15, -0.1) is 11.3 Å². The predicted octanol–water partition coefficient (Wildman–Crippen LogP) is 3.94. The molecule has 6 nitrogen and oxygen atoms in total. The minimum absolute atomic E-state index is 0.148. The molecule has 3 rings (SSSR count). The number of carbonyl (C=O) groups is 1. The second-order valence-corrected chi connectivity index (χ2v) is 6.43. The van der Waals surface area contributed by atoms with E-state index < -0.39 is 0 Å². The van der Waals surface area contributed by atoms with Crippen LogP contribution in [0, 0.1) is 0 Å². The van der Waals surface area contributed by atoms with Crippen molar-refractivity contribution in [2.45, 2.75) is 26.7 Å². The molecule has 0 atom stereocenters. The lowest BCUT2D eigenvalue weighted by Gasteiger charge is -2.05. The summed E-state index contributed by atoms with van der Waals surface area (Å²) >= 11 is 1.54. The number of rotatable bonds is 4. The van der Waals surface area contributed by atoms with Gasteiger partial charge in [0, 0.05) is 18.4 Å². The van der Waals surface area contributed by atoms with Crippen LogP contribution in [0.2, 0.25) is 0 Å². The molecule has 0 bridgehead atoms. The van der Waals surface area contributed by atoms with Crippen LogP contribution in [-0.2, 0) is 4.79 Å². The van der Waals surface area contributed by atoms with Gasteiger partial charge in [0.05, 0.1) is 16.9 Å². The summed E-state index contributed by atoms with van der Waals surface area (Å²) in [5.74, 6) is 1.08. The Morgan fingerprint density at radius 3 is 2.78 bits per heavy atom. The molecule has 0 aliphatic carbocycles. The van der Waals surface area contributed by atoms with E-state index in [1.165, 1.54) is 6.92 Å². The number of amides is 1. The van der Waals surface area contributed by atoms with Gasteiger partial charge in [0.15, 0.2) is 0 Å². The molecule has 0 radical (unpaired) electrons. The highest BCUT2D eigenvalue weighted by Gasteiger charge is 2.16. The highest BCUT2D eigenvalue weighted by atomic mass is 32.1. The third kappa shape index (κ3) is 3.29. The van der Waals surface area contributed by atoms with E-state index >= 15 is 0 Å². The van der Waals surface area contributed by atoms with Gasteiger partial charge in [-0.05, 0) is 12.1 Å². The zero-order valence-electron chi connectivity index (χ0n) is 13.0. The SMILES string of the molecule is CC(=O)Nc1ccccc1-c1noc(-c2cnc(C(C)C)s2)n1. The van der Waals surface area contributed by atoms with Crippen molar-refractivity contribution in [1.82, 2.24) is 15.1 Å². The first-order valence-corrected chi connectivity index (χ1v) is 8.03. The minimum Gasteiger partial charge on any atom is -0.333 e. The van der Waals surface area contributed by atoms with Gasteiger partial charge in [-0.3, -0.25) is 4.79 Å². The Hall–Kier alpha value is -2.54. The van der Waals surface area contributed by atoms with E-state index in [2.05, 4.69) is 34.3 Å². The zero-order chi connectivity index (χ0) is 16.4. The van der Waals surface area contributed by atoms with Crippen molar-refractivity contribution in [2.75, 3.05) is 5.32 Å². The van der Waals surface area contributed by atoms with Crippen LogP contribution < -0.4 is 5.32 Å². The monoisotopic (exact) mass is 328 g/mol. The summed E-state index contributed by atoms with van der Waals surface area (Å²) < 4.78 is 5.35. The van der Waals surface area contributed by atoms with Gasteiger partial charge in [-0.2, -0.15) is 4.98 Å². The Morgan fingerprint density at radius 2 is 2.09 bits per heavy atom. The molecule has 3 aromatic rings. The summed E-state index contributed by atoms with van der Waals surface area (Å²) in [5.41, 5.74) is 1.37. The van der Waals surface area contributed by atoms with Gasteiger partial charge >= 0.3 is 0 Å². The largest absolute Gasteiger partial charge is 0.333 e. The molecule has 2 heterocycles. The van der Waals surface area contributed by atoms with Crippen LogP contribution in [0.3, 0.4) is 0 Å². The summed E-state index contributed by atoms with van der Waals surface area (Å²) in [5, 5.41) is 7.82. The number of nitrogens with zero attached hydrogens (tertiary/aromatic N) is 3. The van der Waals surface area contributed by atoms with Gasteiger partial charge in [-0.1, -0.05) is 31.1 Å².